The van der Waals surface area contributed by atoms with E-state index in [1.54, 1.807) is 43.0 Å². The maximum Gasteiger partial charge on any atom is 0.261 e. The molecule has 28 nitrogen and oxygen atoms in total. The molecule has 128 heavy (non-hydrogen) atoms. The van der Waals surface area contributed by atoms with Gasteiger partial charge in [0, 0.05) is 130 Å². The minimum absolute atomic E-state index is 0.0335. The van der Waals surface area contributed by atoms with E-state index in [9.17, 15) is 28.0 Å². The summed E-state index contributed by atoms with van der Waals surface area (Å²) in [6, 6.07) is 57.1. The van der Waals surface area contributed by atoms with Crippen molar-refractivity contribution in [3.05, 3.63) is 266 Å². The van der Waals surface area contributed by atoms with Gasteiger partial charge in [0.15, 0.2) is 6.61 Å². The van der Waals surface area contributed by atoms with E-state index in [1.165, 1.54) is 29.8 Å². The molecule has 23 rings (SSSR count). The number of pyridine rings is 4. The highest BCUT2D eigenvalue weighted by atomic mass is 19.1. The minimum Gasteiger partial charge on any atom is -0.484 e. The lowest BCUT2D eigenvalue weighted by molar-refractivity contribution is -0.135. The van der Waals surface area contributed by atoms with Gasteiger partial charge >= 0.3 is 0 Å². The number of ether oxygens (including phenoxy) is 1. The number of para-hydroxylation sites is 1. The highest BCUT2D eigenvalue weighted by Gasteiger charge is 2.51. The summed E-state index contributed by atoms with van der Waals surface area (Å²) in [4.78, 5) is 79.4. The van der Waals surface area contributed by atoms with Crippen molar-refractivity contribution in [1.29, 1.82) is 0 Å². The van der Waals surface area contributed by atoms with Gasteiger partial charge < -0.3 is 42.6 Å². The maximum absolute atomic E-state index is 13.5. The van der Waals surface area contributed by atoms with Crippen LogP contribution in [0.5, 0.6) is 5.75 Å². The van der Waals surface area contributed by atoms with Gasteiger partial charge in [0.05, 0.1) is 91.7 Å². The first-order valence-corrected chi connectivity index (χ1v) is 44.6. The molecule has 0 saturated carbocycles. The molecule has 4 aromatic carbocycles. The Morgan fingerprint density at radius 2 is 0.883 bits per heavy atom. The van der Waals surface area contributed by atoms with E-state index in [0.29, 0.717) is 85.1 Å². The van der Waals surface area contributed by atoms with Crippen molar-refractivity contribution in [1.82, 2.24) is 114 Å². The molecule has 6 bridgehead atoms. The van der Waals surface area contributed by atoms with Crippen molar-refractivity contribution in [2.45, 2.75) is 172 Å². The predicted molar refractivity (Wildman–Crippen MR) is 479 cm³/mol. The van der Waals surface area contributed by atoms with Crippen LogP contribution in [-0.2, 0) is 53.4 Å². The summed E-state index contributed by atoms with van der Waals surface area (Å²) in [5, 5.41) is 38.7. The summed E-state index contributed by atoms with van der Waals surface area (Å²) in [6.45, 7) is 8.39. The van der Waals surface area contributed by atoms with Crippen molar-refractivity contribution >= 4 is 67.8 Å². The van der Waals surface area contributed by atoms with Gasteiger partial charge in [-0.2, -0.15) is 51.3 Å². The summed E-state index contributed by atoms with van der Waals surface area (Å²) in [7, 11) is 0. The van der Waals surface area contributed by atoms with Crippen LogP contribution in [0.3, 0.4) is 0 Å². The molecule has 7 aliphatic heterocycles. The Labute approximate surface area is 736 Å². The van der Waals surface area contributed by atoms with Gasteiger partial charge in [0.2, 0.25) is 11.8 Å². The Kier molecular flexibility index (Phi) is 23.1. The third-order valence-electron chi connectivity index (χ3n) is 27.4. The smallest absolute Gasteiger partial charge is 0.261 e. The number of likely N-dealkylation sites (tertiary alicyclic amines) is 1. The number of nitrogens with one attached hydrogen (secondary N) is 4. The second-order valence-corrected chi connectivity index (χ2v) is 35.2. The average molecular weight is 1720 g/mol. The zero-order valence-corrected chi connectivity index (χ0v) is 71.2. The number of nitrogens with zero attached hydrogens (tertiary/aromatic N) is 19. The van der Waals surface area contributed by atoms with Crippen LogP contribution in [0.2, 0.25) is 0 Å². The van der Waals surface area contributed by atoms with Gasteiger partial charge in [-0.1, -0.05) is 60.7 Å². The van der Waals surface area contributed by atoms with E-state index in [1.807, 2.05) is 109 Å². The van der Waals surface area contributed by atoms with Crippen molar-refractivity contribution in [3.63, 3.8) is 0 Å². The summed E-state index contributed by atoms with van der Waals surface area (Å²) < 4.78 is 41.5. The number of hydrogen-bond acceptors (Lipinski definition) is 16. The average Bonchev–Trinajstić information content (AvgIpc) is 1.62. The van der Waals surface area contributed by atoms with Gasteiger partial charge in [-0.25, -0.2) is 28.7 Å². The molecule has 12 aromatic heterocycles. The van der Waals surface area contributed by atoms with Crippen LogP contribution in [0.1, 0.15) is 111 Å². The molecule has 0 spiro atoms. The van der Waals surface area contributed by atoms with E-state index in [-0.39, 0.29) is 54.1 Å². The number of carbonyl (C=O) groups is 4. The SMILES string of the molecule is C[C@@H]1CC(Cn2ccc3nc(-c4cn[nH]c4)ccc32)CN1C(=O)c1ccc(F)cc1.Cc1ccccc1OCC(=O)N1C2CCC1C(Cn1ccc3nc(-c4cn[nH]n4)ccc31)C2.O=C(CCc1cccc(F)c1)N1C2CCC1C(Cn1ccc3nc(-c4cn[nH]n4)ccc31)C2.O=C(CCc1ccccc1)N1C2CCC1C(Cn1ccc3nc(-c4cn[nH]n4)ccc31)C2. The third kappa shape index (κ3) is 17.2. The zero-order chi connectivity index (χ0) is 86.9. The molecule has 0 radical (unpaired) electrons. The number of halogens is 2. The lowest BCUT2D eigenvalue weighted by Gasteiger charge is -2.25. The highest BCUT2D eigenvalue weighted by molar-refractivity contribution is 5.94. The van der Waals surface area contributed by atoms with Gasteiger partial charge in [0.25, 0.3) is 11.8 Å². The fourth-order valence-electron chi connectivity index (χ4n) is 21.4. The monoisotopic (exact) mass is 1720 g/mol. The first-order chi connectivity index (χ1) is 62.7. The third-order valence-corrected chi connectivity index (χ3v) is 27.4. The number of aryl methyl sites for hydroxylation is 3. The predicted octanol–water partition coefficient (Wildman–Crippen LogP) is 15.5. The normalized spacial score (nSPS) is 21.2. The number of amides is 4. The van der Waals surface area contributed by atoms with E-state index in [2.05, 4.69) is 164 Å². The van der Waals surface area contributed by atoms with Crippen LogP contribution in [0, 0.1) is 42.2 Å². The maximum atomic E-state index is 13.5. The highest BCUT2D eigenvalue weighted by Crippen LogP contribution is 2.47. The van der Waals surface area contributed by atoms with Crippen LogP contribution in [0.4, 0.5) is 8.78 Å². The molecule has 7 saturated heterocycles. The van der Waals surface area contributed by atoms with Crippen LogP contribution < -0.4 is 4.74 Å². The molecular weight excluding hydrogens is 1620 g/mol. The quantitative estimate of drug-likeness (QED) is 0.0490. The lowest BCUT2D eigenvalue weighted by Crippen LogP contribution is -2.40. The van der Waals surface area contributed by atoms with Crippen molar-refractivity contribution < 1.29 is 32.7 Å². The molecule has 4 N–H and O–H groups in total. The molecule has 7 fully saturated rings. The molecule has 30 heteroatoms. The van der Waals surface area contributed by atoms with Gasteiger partial charge in [-0.05, 0) is 247 Å². The molecular formula is C98H99F2N23O5. The van der Waals surface area contributed by atoms with Crippen LogP contribution in [0.25, 0.3) is 89.6 Å². The minimum atomic E-state index is -0.331. The van der Waals surface area contributed by atoms with Gasteiger partial charge in [0.1, 0.15) is 34.5 Å². The molecule has 19 heterocycles. The number of hydrogen-bond donors (Lipinski definition) is 4. The molecule has 650 valence electrons. The van der Waals surface area contributed by atoms with E-state index in [0.717, 1.165) is 203 Å². The molecule has 11 atom stereocenters. The zero-order valence-electron chi connectivity index (χ0n) is 71.2. The fraction of sp³-hybridized carbons (Fsp3) is 0.337. The molecule has 0 aliphatic carbocycles. The summed E-state index contributed by atoms with van der Waals surface area (Å²) >= 11 is 0. The molecule has 10 unspecified atom stereocenters. The Balaban J connectivity index is 0.000000107. The first-order valence-electron chi connectivity index (χ1n) is 44.6. The van der Waals surface area contributed by atoms with Crippen LogP contribution >= 0.6 is 0 Å². The summed E-state index contributed by atoms with van der Waals surface area (Å²) in [5.41, 5.74) is 18.4. The topological polar surface area (TPSA) is 315 Å². The van der Waals surface area contributed by atoms with Crippen molar-refractivity contribution in [2.75, 3.05) is 13.2 Å². The van der Waals surface area contributed by atoms with Gasteiger partial charge in [-0.15, -0.1) is 0 Å². The van der Waals surface area contributed by atoms with E-state index < -0.39 is 0 Å². The Morgan fingerprint density at radius 1 is 0.430 bits per heavy atom. The van der Waals surface area contributed by atoms with E-state index in [4.69, 9.17) is 24.7 Å². The summed E-state index contributed by atoms with van der Waals surface area (Å²) in [6.07, 6.45) is 30.1. The largest absolute Gasteiger partial charge is 0.484 e. The standard InChI is InChI=1S/C25H25FN6O.C25H26N6O2.C25H26N6O.C23H22FN5O/c26-18-3-1-2-16(12-18)4-9-25(33)32-19-5-7-23(32)17(13-19)15-31-11-10-21-24(31)8-6-20(28-21)22-14-27-30-29-22;1-16-4-2-3-5-24(16)33-15-25(32)31-18-6-8-22(31)17(12-18)14-30-11-10-20-23(30)9-7-19(27-20)21-13-26-29-28-21;32-25(11-6-17-4-2-1-3-5-17)31-19-7-9-23(31)18(14-19)16-30-13-12-21-24(30)10-8-20(27-21)22-15-26-29-28-22;1-15-10-16(14-29(15)23(30)17-2-4-19(24)5-3-17)13-28-9-8-21-22(28)7-6-20(27-21)18-11-25-26-12-18/h1-3,6,8,10-12,14,17,19,23H,4-5,7,9,13,15H2,(H,27,29,30);2-5,7,9-11,13,17-18,22H,6,8,12,14-15H2,1H3,(H,26,28,29);1-5,8,10,12-13,15,18-19,23H,6-7,9,11,14,16H2,(H,26,28,29);2-9,11-12,15-16H,10,13-14H2,1H3,(H,25,26)/t;;;15-,16?/m...1/s1. The second-order valence-electron chi connectivity index (χ2n) is 35.2. The van der Waals surface area contributed by atoms with Crippen LogP contribution in [0.15, 0.2) is 232 Å². The summed E-state index contributed by atoms with van der Waals surface area (Å²) in [5.74, 6) is 2.53. The van der Waals surface area contributed by atoms with Crippen molar-refractivity contribution in [2.24, 2.45) is 23.7 Å². The molecule has 4 amide bonds. The fourth-order valence-corrected chi connectivity index (χ4v) is 21.4. The Morgan fingerprint density at radius 3 is 1.35 bits per heavy atom. The number of aromatic amines is 4. The first kappa shape index (κ1) is 82.1. The van der Waals surface area contributed by atoms with Crippen LogP contribution in [-0.4, -0.2) is 193 Å². The number of fused-ring (bicyclic) bond motifs is 10. The number of benzene rings is 4. The Hall–Kier alpha value is -14.2. The second kappa shape index (κ2) is 36.0. The molecule has 16 aromatic rings. The number of H-pyrrole nitrogens is 4. The Bertz CT molecular complexity index is 6590. The van der Waals surface area contributed by atoms with E-state index >= 15 is 0 Å². The lowest BCUT2D eigenvalue weighted by atomic mass is 9.89. The molecule has 7 aliphatic rings. The van der Waals surface area contributed by atoms with Gasteiger partial charge in [-0.3, -0.25) is 24.3 Å². The number of carbonyl (C=O) groups excluding carboxylic acids is 4. The van der Waals surface area contributed by atoms with Crippen molar-refractivity contribution in [3.8, 4) is 51.2 Å². The number of rotatable bonds is 22. The number of aromatic nitrogens is 19.